The molecule has 0 amide bonds. The van der Waals surface area contributed by atoms with Crippen LogP contribution in [0.5, 0.6) is 0 Å². The number of nitrogens with zero attached hydrogens (tertiary/aromatic N) is 4. The number of aryl methyl sites for hydroxylation is 1. The van der Waals surface area contributed by atoms with Crippen LogP contribution in [-0.2, 0) is 13.5 Å². The highest BCUT2D eigenvalue weighted by molar-refractivity contribution is 6.32. The third-order valence-electron chi connectivity index (χ3n) is 5.70. The van der Waals surface area contributed by atoms with Crippen LogP contribution < -0.4 is 11.1 Å². The molecule has 0 bridgehead atoms. The van der Waals surface area contributed by atoms with Gasteiger partial charge in [-0.05, 0) is 57.8 Å². The lowest BCUT2D eigenvalue weighted by atomic mass is 9.82. The van der Waals surface area contributed by atoms with Crippen molar-refractivity contribution in [1.29, 1.82) is 0 Å². The van der Waals surface area contributed by atoms with E-state index in [-0.39, 0.29) is 5.54 Å². The zero-order chi connectivity index (χ0) is 18.3. The van der Waals surface area contributed by atoms with E-state index in [1.165, 1.54) is 18.5 Å². The molecule has 2 aromatic heterocycles. The number of rotatable bonds is 5. The van der Waals surface area contributed by atoms with E-state index >= 15 is 0 Å². The summed E-state index contributed by atoms with van der Waals surface area (Å²) in [5, 5.41) is 8.48. The predicted octanol–water partition coefficient (Wildman–Crippen LogP) is 3.55. The first kappa shape index (κ1) is 17.7. The van der Waals surface area contributed by atoms with Crippen molar-refractivity contribution in [2.24, 2.45) is 18.7 Å². The number of hydrogen-bond acceptors (Lipinski definition) is 5. The van der Waals surface area contributed by atoms with Crippen LogP contribution in [-0.4, -0.2) is 31.3 Å². The van der Waals surface area contributed by atoms with E-state index in [2.05, 4.69) is 22.3 Å². The smallest absolute Gasteiger partial charge is 0.223 e. The Labute approximate surface area is 159 Å². The van der Waals surface area contributed by atoms with Crippen LogP contribution in [0, 0.1) is 5.92 Å². The van der Waals surface area contributed by atoms with Crippen molar-refractivity contribution < 1.29 is 0 Å². The van der Waals surface area contributed by atoms with Gasteiger partial charge in [0.2, 0.25) is 5.95 Å². The number of nitrogens with one attached hydrogen (secondary N) is 1. The van der Waals surface area contributed by atoms with Gasteiger partial charge in [0, 0.05) is 29.9 Å². The normalized spacial score (nSPS) is 26.1. The lowest BCUT2D eigenvalue weighted by Crippen LogP contribution is -2.43. The molecular formula is C19H27ClN6. The molecule has 26 heavy (non-hydrogen) atoms. The van der Waals surface area contributed by atoms with Crippen LogP contribution in [0.2, 0.25) is 5.02 Å². The van der Waals surface area contributed by atoms with Crippen molar-refractivity contribution in [3.63, 3.8) is 0 Å². The van der Waals surface area contributed by atoms with E-state index in [1.54, 1.807) is 6.20 Å². The molecule has 140 valence electrons. The van der Waals surface area contributed by atoms with Crippen molar-refractivity contribution in [3.05, 3.63) is 23.1 Å². The van der Waals surface area contributed by atoms with Crippen LogP contribution >= 0.6 is 11.6 Å². The summed E-state index contributed by atoms with van der Waals surface area (Å²) in [5.41, 5.74) is 9.18. The second kappa shape index (κ2) is 6.82. The topological polar surface area (TPSA) is 81.7 Å². The molecule has 2 saturated carbocycles. The summed E-state index contributed by atoms with van der Waals surface area (Å²) in [4.78, 5) is 9.13. The quantitative estimate of drug-likeness (QED) is 0.836. The molecule has 6 nitrogen and oxygen atoms in total. The minimum absolute atomic E-state index is 0.0440. The molecule has 0 spiro atoms. The van der Waals surface area contributed by atoms with E-state index in [0.29, 0.717) is 17.0 Å². The molecule has 4 rings (SSSR count). The van der Waals surface area contributed by atoms with Crippen LogP contribution in [0.4, 0.5) is 5.95 Å². The highest BCUT2D eigenvalue weighted by Crippen LogP contribution is 2.37. The minimum Gasteiger partial charge on any atom is -0.351 e. The zero-order valence-corrected chi connectivity index (χ0v) is 16.3. The van der Waals surface area contributed by atoms with Gasteiger partial charge in [0.05, 0.1) is 23.1 Å². The van der Waals surface area contributed by atoms with Gasteiger partial charge in [-0.25, -0.2) is 9.97 Å². The van der Waals surface area contributed by atoms with E-state index < -0.39 is 0 Å². The lowest BCUT2D eigenvalue weighted by Gasteiger charge is -2.34. The van der Waals surface area contributed by atoms with Gasteiger partial charge in [0.25, 0.3) is 0 Å². The van der Waals surface area contributed by atoms with Crippen LogP contribution in [0.25, 0.3) is 11.3 Å². The fourth-order valence-electron chi connectivity index (χ4n) is 3.73. The first-order valence-electron chi connectivity index (χ1n) is 9.50. The van der Waals surface area contributed by atoms with Crippen molar-refractivity contribution in [3.8, 4) is 11.3 Å². The van der Waals surface area contributed by atoms with Crippen molar-refractivity contribution in [2.45, 2.75) is 63.5 Å². The maximum atomic E-state index is 6.44. The van der Waals surface area contributed by atoms with Gasteiger partial charge in [-0.3, -0.25) is 4.68 Å². The number of nitrogens with two attached hydrogens (primary N) is 1. The molecule has 2 aliphatic rings. The van der Waals surface area contributed by atoms with E-state index in [9.17, 15) is 0 Å². The van der Waals surface area contributed by atoms with Crippen molar-refractivity contribution >= 4 is 17.5 Å². The average Bonchev–Trinajstić information content (AvgIpc) is 3.35. The molecule has 2 fully saturated rings. The Morgan fingerprint density at radius 3 is 2.69 bits per heavy atom. The van der Waals surface area contributed by atoms with Gasteiger partial charge in [-0.2, -0.15) is 5.10 Å². The van der Waals surface area contributed by atoms with Crippen LogP contribution in [0.1, 0.15) is 51.1 Å². The summed E-state index contributed by atoms with van der Waals surface area (Å²) in [6.07, 6.45) is 11.3. The molecule has 7 heteroatoms. The number of halogens is 1. The van der Waals surface area contributed by atoms with E-state index in [4.69, 9.17) is 22.3 Å². The van der Waals surface area contributed by atoms with E-state index in [1.807, 2.05) is 17.9 Å². The Morgan fingerprint density at radius 2 is 2.00 bits per heavy atom. The summed E-state index contributed by atoms with van der Waals surface area (Å²) in [7, 11) is 1.99. The Morgan fingerprint density at radius 1 is 1.27 bits per heavy atom. The third-order valence-corrected chi connectivity index (χ3v) is 5.98. The van der Waals surface area contributed by atoms with E-state index in [0.717, 1.165) is 49.3 Å². The molecule has 2 aliphatic carbocycles. The largest absolute Gasteiger partial charge is 0.351 e. The minimum atomic E-state index is -0.0440. The number of aromatic nitrogens is 4. The summed E-state index contributed by atoms with van der Waals surface area (Å²) < 4.78 is 1.95. The molecule has 2 aromatic rings. The van der Waals surface area contributed by atoms with Crippen LogP contribution in [0.3, 0.4) is 0 Å². The SMILES string of the molecule is Cn1ncc(-c2nc(N[C@H]3CC[C@@](C)(N)CC3)ncc2Cl)c1CC1CC1. The standard InChI is InChI=1S/C19H27ClN6/c1-19(21)7-5-13(6-8-19)24-18-22-11-15(20)17(25-18)14-10-23-26(2)16(14)9-12-3-4-12/h10-13H,3-9,21H2,1-2H3,(H,22,24,25)/t13-,19+. The second-order valence-corrected chi connectivity index (χ2v) is 8.65. The van der Waals surface area contributed by atoms with Gasteiger partial charge in [0.15, 0.2) is 0 Å². The summed E-state index contributed by atoms with van der Waals surface area (Å²) in [6, 6.07) is 0.362. The van der Waals surface area contributed by atoms with Gasteiger partial charge in [-0.15, -0.1) is 0 Å². The zero-order valence-electron chi connectivity index (χ0n) is 15.5. The highest BCUT2D eigenvalue weighted by Gasteiger charge is 2.28. The number of hydrogen-bond donors (Lipinski definition) is 2. The first-order valence-corrected chi connectivity index (χ1v) is 9.88. The molecule has 0 aliphatic heterocycles. The molecule has 0 unspecified atom stereocenters. The molecule has 2 heterocycles. The maximum Gasteiger partial charge on any atom is 0.223 e. The predicted molar refractivity (Wildman–Crippen MR) is 104 cm³/mol. The van der Waals surface area contributed by atoms with Crippen molar-refractivity contribution in [2.75, 3.05) is 5.32 Å². The second-order valence-electron chi connectivity index (χ2n) is 8.24. The summed E-state index contributed by atoms with van der Waals surface area (Å²) >= 11 is 6.44. The van der Waals surface area contributed by atoms with Crippen LogP contribution in [0.15, 0.2) is 12.4 Å². The van der Waals surface area contributed by atoms with Gasteiger partial charge in [0.1, 0.15) is 0 Å². The highest BCUT2D eigenvalue weighted by atomic mass is 35.5. The molecule has 0 atom stereocenters. The van der Waals surface area contributed by atoms with Crippen molar-refractivity contribution in [1.82, 2.24) is 19.7 Å². The lowest BCUT2D eigenvalue weighted by molar-refractivity contribution is 0.305. The first-order chi connectivity index (χ1) is 12.4. The molecule has 0 radical (unpaired) electrons. The molecular weight excluding hydrogens is 348 g/mol. The average molecular weight is 375 g/mol. The van der Waals surface area contributed by atoms with Gasteiger partial charge < -0.3 is 11.1 Å². The Balaban J connectivity index is 1.55. The molecule has 0 aromatic carbocycles. The molecule has 0 saturated heterocycles. The molecule has 3 N–H and O–H groups in total. The Kier molecular flexibility index (Phi) is 4.65. The maximum absolute atomic E-state index is 6.44. The number of anilines is 1. The fourth-order valence-corrected chi connectivity index (χ4v) is 3.92. The summed E-state index contributed by atoms with van der Waals surface area (Å²) in [5.74, 6) is 1.41. The summed E-state index contributed by atoms with van der Waals surface area (Å²) in [6.45, 7) is 2.13. The Bertz CT molecular complexity index is 785. The fraction of sp³-hybridized carbons (Fsp3) is 0.632. The monoisotopic (exact) mass is 374 g/mol. The van der Waals surface area contributed by atoms with Gasteiger partial charge >= 0.3 is 0 Å². The third kappa shape index (κ3) is 3.86. The van der Waals surface area contributed by atoms with Gasteiger partial charge in [-0.1, -0.05) is 11.6 Å². The Hall–Kier alpha value is -1.66.